The molecule has 0 radical (unpaired) electrons. The van der Waals surface area contributed by atoms with Gasteiger partial charge in [-0.15, -0.1) is 0 Å². The summed E-state index contributed by atoms with van der Waals surface area (Å²) in [7, 11) is 0. The number of nitrogens with one attached hydrogen (secondary N) is 1. The van der Waals surface area contributed by atoms with Crippen LogP contribution in [0.4, 0.5) is 4.79 Å². The van der Waals surface area contributed by atoms with Crippen LogP contribution < -0.4 is 5.32 Å². The molecule has 0 heterocycles. The van der Waals surface area contributed by atoms with Gasteiger partial charge in [0.2, 0.25) is 0 Å². The maximum atomic E-state index is 12.5. The Labute approximate surface area is 269 Å². The largest absolute Gasteiger partial charge is 0.446 e. The van der Waals surface area contributed by atoms with Crippen LogP contribution in [-0.4, -0.2) is 42.7 Å². The van der Waals surface area contributed by atoms with Crippen molar-refractivity contribution >= 4 is 6.09 Å². The first-order valence-corrected chi connectivity index (χ1v) is 19.1. The molecule has 0 aliphatic carbocycles. The van der Waals surface area contributed by atoms with Crippen LogP contribution >= 0.6 is 0 Å². The number of aliphatic hydroxyl groups excluding tert-OH is 1. The Morgan fingerprint density at radius 2 is 0.930 bits per heavy atom. The highest BCUT2D eigenvalue weighted by Crippen LogP contribution is 2.18. The quantitative estimate of drug-likeness (QED) is 0.0710. The van der Waals surface area contributed by atoms with Gasteiger partial charge in [0.1, 0.15) is 6.10 Å². The minimum absolute atomic E-state index is 0.0114. The Balaban J connectivity index is 4.10. The van der Waals surface area contributed by atoms with E-state index >= 15 is 0 Å². The zero-order chi connectivity index (χ0) is 31.7. The van der Waals surface area contributed by atoms with E-state index in [-0.39, 0.29) is 18.8 Å². The molecule has 0 saturated heterocycles. The average Bonchev–Trinajstić information content (AvgIpc) is 2.99. The van der Waals surface area contributed by atoms with Crippen LogP contribution in [0.15, 0.2) is 0 Å². The molecule has 43 heavy (non-hydrogen) atoms. The number of aliphatic hydroxyl groups is 1. The first-order chi connectivity index (χ1) is 20.9. The van der Waals surface area contributed by atoms with Gasteiger partial charge in [-0.3, -0.25) is 0 Å². The van der Waals surface area contributed by atoms with Crippen molar-refractivity contribution < 1.29 is 19.4 Å². The monoisotopic (exact) mass is 612 g/mol. The van der Waals surface area contributed by atoms with Crippen LogP contribution in [0.2, 0.25) is 0 Å². The number of hydrogen-bond acceptors (Lipinski definition) is 4. The zero-order valence-corrected chi connectivity index (χ0v) is 29.7. The van der Waals surface area contributed by atoms with Crippen molar-refractivity contribution in [2.45, 2.75) is 219 Å². The molecule has 0 aliphatic rings. The van der Waals surface area contributed by atoms with E-state index in [0.717, 1.165) is 25.7 Å². The molecule has 1 unspecified atom stereocenters. The molecule has 1 atom stereocenters. The van der Waals surface area contributed by atoms with Gasteiger partial charge in [-0.2, -0.15) is 0 Å². The summed E-state index contributed by atoms with van der Waals surface area (Å²) >= 11 is 0. The molecule has 0 saturated carbocycles. The molecular weight excluding hydrogens is 534 g/mol. The summed E-state index contributed by atoms with van der Waals surface area (Å²) in [5.41, 5.74) is -0.534. The minimum Gasteiger partial charge on any atom is -0.446 e. The van der Waals surface area contributed by atoms with E-state index in [0.29, 0.717) is 19.6 Å². The van der Waals surface area contributed by atoms with Crippen molar-refractivity contribution in [3.8, 4) is 0 Å². The van der Waals surface area contributed by atoms with Crippen LogP contribution in [0.3, 0.4) is 0 Å². The first kappa shape index (κ1) is 42.2. The second kappa shape index (κ2) is 32.6. The van der Waals surface area contributed by atoms with E-state index in [9.17, 15) is 9.90 Å². The van der Waals surface area contributed by atoms with E-state index in [2.05, 4.69) is 19.2 Å². The Morgan fingerprint density at radius 3 is 1.28 bits per heavy atom. The number of alkyl carbamates (subject to hydrolysis) is 1. The predicted octanol–water partition coefficient (Wildman–Crippen LogP) is 11.8. The van der Waals surface area contributed by atoms with Crippen LogP contribution in [0.25, 0.3) is 0 Å². The van der Waals surface area contributed by atoms with Crippen LogP contribution in [0.1, 0.15) is 207 Å². The normalized spacial score (nSPS) is 12.5. The van der Waals surface area contributed by atoms with E-state index in [1.165, 1.54) is 148 Å². The molecule has 5 heteroatoms. The van der Waals surface area contributed by atoms with Crippen molar-refractivity contribution in [3.05, 3.63) is 0 Å². The molecule has 2 N–H and O–H groups in total. The lowest BCUT2D eigenvalue weighted by atomic mass is 10.0. The van der Waals surface area contributed by atoms with Gasteiger partial charge in [0.15, 0.2) is 0 Å². The van der Waals surface area contributed by atoms with Gasteiger partial charge >= 0.3 is 6.09 Å². The maximum Gasteiger partial charge on any atom is 0.407 e. The highest BCUT2D eigenvalue weighted by molar-refractivity contribution is 5.67. The standard InChI is InChI=1S/C38H77NO4/c1-5-7-9-11-13-15-17-19-21-23-25-27-29-32-36(43-37(41)39-33-30-34-42-38(3,4)35-40)31-28-26-24-22-20-18-16-14-12-10-8-6-2/h36,40H,5-35H2,1-4H3,(H,39,41). The van der Waals surface area contributed by atoms with Crippen molar-refractivity contribution in [2.24, 2.45) is 0 Å². The van der Waals surface area contributed by atoms with Gasteiger partial charge in [0.25, 0.3) is 0 Å². The van der Waals surface area contributed by atoms with Gasteiger partial charge in [0, 0.05) is 13.2 Å². The fourth-order valence-electron chi connectivity index (χ4n) is 5.71. The summed E-state index contributed by atoms with van der Waals surface area (Å²) < 4.78 is 11.6. The third-order valence-corrected chi connectivity index (χ3v) is 8.75. The lowest BCUT2D eigenvalue weighted by molar-refractivity contribution is -0.0539. The van der Waals surface area contributed by atoms with Crippen molar-refractivity contribution in [2.75, 3.05) is 19.8 Å². The first-order valence-electron chi connectivity index (χ1n) is 19.1. The second-order valence-electron chi connectivity index (χ2n) is 13.8. The third kappa shape index (κ3) is 32.4. The number of carbonyl (C=O) groups is 1. The molecule has 0 bridgehead atoms. The van der Waals surface area contributed by atoms with E-state index in [1.54, 1.807) is 0 Å². The summed E-state index contributed by atoms with van der Waals surface area (Å²) in [5.74, 6) is 0. The molecule has 0 spiro atoms. The molecule has 0 aromatic carbocycles. The van der Waals surface area contributed by atoms with Gasteiger partial charge < -0.3 is 19.9 Å². The van der Waals surface area contributed by atoms with Crippen molar-refractivity contribution in [1.82, 2.24) is 5.32 Å². The highest BCUT2D eigenvalue weighted by atomic mass is 16.6. The predicted molar refractivity (Wildman–Crippen MR) is 186 cm³/mol. The fourth-order valence-corrected chi connectivity index (χ4v) is 5.71. The molecule has 1 amide bonds. The minimum atomic E-state index is -0.534. The lowest BCUT2D eigenvalue weighted by Gasteiger charge is -2.22. The third-order valence-electron chi connectivity index (χ3n) is 8.75. The summed E-state index contributed by atoms with van der Waals surface area (Å²) in [6.07, 6.45) is 36.2. The Bertz CT molecular complexity index is 568. The van der Waals surface area contributed by atoms with E-state index < -0.39 is 5.60 Å². The topological polar surface area (TPSA) is 67.8 Å². The van der Waals surface area contributed by atoms with Crippen LogP contribution in [-0.2, 0) is 9.47 Å². The summed E-state index contributed by atoms with van der Waals surface area (Å²) in [4.78, 5) is 12.5. The van der Waals surface area contributed by atoms with Crippen molar-refractivity contribution in [3.63, 3.8) is 0 Å². The number of hydrogen-bond donors (Lipinski definition) is 2. The highest BCUT2D eigenvalue weighted by Gasteiger charge is 2.17. The number of carbonyl (C=O) groups excluding carboxylic acids is 1. The molecular formula is C38H77NO4. The van der Waals surface area contributed by atoms with Gasteiger partial charge in [-0.05, 0) is 46.0 Å². The molecule has 0 rings (SSSR count). The number of amides is 1. The fraction of sp³-hybridized carbons (Fsp3) is 0.974. The van der Waals surface area contributed by atoms with E-state index in [4.69, 9.17) is 9.47 Å². The number of unbranched alkanes of at least 4 members (excludes halogenated alkanes) is 23. The average molecular weight is 612 g/mol. The molecule has 0 aromatic rings. The molecule has 258 valence electrons. The van der Waals surface area contributed by atoms with Gasteiger partial charge in [0.05, 0.1) is 12.2 Å². The molecule has 0 aliphatic heterocycles. The van der Waals surface area contributed by atoms with Crippen LogP contribution in [0.5, 0.6) is 0 Å². The Hall–Kier alpha value is -0.810. The van der Waals surface area contributed by atoms with Crippen molar-refractivity contribution in [1.29, 1.82) is 0 Å². The Kier molecular flexibility index (Phi) is 32.0. The van der Waals surface area contributed by atoms with E-state index in [1.807, 2.05) is 13.8 Å². The summed E-state index contributed by atoms with van der Waals surface area (Å²) in [6.45, 7) is 9.33. The zero-order valence-electron chi connectivity index (χ0n) is 29.7. The Morgan fingerprint density at radius 1 is 0.581 bits per heavy atom. The molecule has 0 aromatic heterocycles. The summed E-state index contributed by atoms with van der Waals surface area (Å²) in [5, 5.41) is 12.2. The lowest BCUT2D eigenvalue weighted by Crippen LogP contribution is -2.32. The van der Waals surface area contributed by atoms with Gasteiger partial charge in [-0.1, -0.05) is 162 Å². The summed E-state index contributed by atoms with van der Waals surface area (Å²) in [6, 6.07) is 0. The smallest absolute Gasteiger partial charge is 0.407 e. The van der Waals surface area contributed by atoms with Crippen LogP contribution in [0, 0.1) is 0 Å². The number of rotatable bonds is 34. The SMILES string of the molecule is CCCCCCCCCCCCCCCC(CCCCCCCCCCCCCC)OC(=O)NCCCOC(C)(C)CO. The number of ether oxygens (including phenoxy) is 2. The van der Waals surface area contributed by atoms with Gasteiger partial charge in [-0.25, -0.2) is 4.79 Å². The maximum absolute atomic E-state index is 12.5. The molecule has 5 nitrogen and oxygen atoms in total. The molecule has 0 fully saturated rings. The second-order valence-corrected chi connectivity index (χ2v) is 13.8.